The Bertz CT molecular complexity index is 612. The lowest BCUT2D eigenvalue weighted by Crippen LogP contribution is -2.48. The molecule has 0 N–H and O–H groups in total. The van der Waals surface area contributed by atoms with Crippen LogP contribution in [0.15, 0.2) is 14.1 Å². The van der Waals surface area contributed by atoms with Crippen LogP contribution >= 0.6 is 38.9 Å². The second-order valence-corrected chi connectivity index (χ2v) is 9.46. The van der Waals surface area contributed by atoms with E-state index in [4.69, 9.17) is 16.3 Å². The van der Waals surface area contributed by atoms with Crippen LogP contribution in [0.2, 0.25) is 5.02 Å². The number of esters is 1. The van der Waals surface area contributed by atoms with Gasteiger partial charge in [-0.05, 0) is 48.2 Å². The first-order valence-electron chi connectivity index (χ1n) is 6.51. The number of carbonyl (C=O) groups excluding carboxylic acids is 1. The Kier molecular flexibility index (Phi) is 5.70. The minimum Gasteiger partial charge on any atom is -0.465 e. The topological polar surface area (TPSA) is 63.7 Å². The Labute approximate surface area is 141 Å². The summed E-state index contributed by atoms with van der Waals surface area (Å²) in [5, 5.41) is 0.350. The third-order valence-electron chi connectivity index (χ3n) is 3.20. The molecule has 1 aromatic rings. The SMILES string of the molecule is CCOC(=O)C1CCCCN1S(=O)(=O)c1cc(Cl)c(Br)s1. The van der Waals surface area contributed by atoms with Crippen LogP contribution in [-0.4, -0.2) is 37.9 Å². The van der Waals surface area contributed by atoms with Crippen molar-refractivity contribution in [2.75, 3.05) is 13.2 Å². The van der Waals surface area contributed by atoms with Crippen molar-refractivity contribution in [2.45, 2.75) is 36.4 Å². The molecule has 1 aliphatic rings. The molecular weight excluding hydrogens is 402 g/mol. The molecule has 0 amide bonds. The summed E-state index contributed by atoms with van der Waals surface area (Å²) >= 11 is 10.2. The van der Waals surface area contributed by atoms with Gasteiger partial charge >= 0.3 is 5.97 Å². The third-order valence-corrected chi connectivity index (χ3v) is 8.03. The molecule has 1 fully saturated rings. The lowest BCUT2D eigenvalue weighted by Gasteiger charge is -2.32. The Morgan fingerprint density at radius 3 is 2.86 bits per heavy atom. The molecule has 5 nitrogen and oxygen atoms in total. The predicted molar refractivity (Wildman–Crippen MR) is 85.2 cm³/mol. The van der Waals surface area contributed by atoms with Gasteiger partial charge in [-0.1, -0.05) is 11.6 Å². The molecule has 9 heteroatoms. The van der Waals surface area contributed by atoms with Gasteiger partial charge in [-0.2, -0.15) is 4.31 Å². The van der Waals surface area contributed by atoms with E-state index >= 15 is 0 Å². The molecule has 0 radical (unpaired) electrons. The van der Waals surface area contributed by atoms with E-state index in [1.165, 1.54) is 10.4 Å². The van der Waals surface area contributed by atoms with Gasteiger partial charge < -0.3 is 4.74 Å². The van der Waals surface area contributed by atoms with Gasteiger partial charge in [0.05, 0.1) is 15.4 Å². The maximum Gasteiger partial charge on any atom is 0.324 e. The van der Waals surface area contributed by atoms with Gasteiger partial charge in [-0.15, -0.1) is 11.3 Å². The van der Waals surface area contributed by atoms with Crippen molar-refractivity contribution in [1.82, 2.24) is 4.31 Å². The van der Waals surface area contributed by atoms with Crippen molar-refractivity contribution in [3.8, 4) is 0 Å². The van der Waals surface area contributed by atoms with Crippen LogP contribution in [0.25, 0.3) is 0 Å². The maximum absolute atomic E-state index is 12.7. The summed E-state index contributed by atoms with van der Waals surface area (Å²) in [5.74, 6) is -0.484. The fourth-order valence-corrected chi connectivity index (χ4v) is 6.41. The van der Waals surface area contributed by atoms with Crippen molar-refractivity contribution < 1.29 is 17.9 Å². The number of halogens is 2. The number of nitrogens with zero attached hydrogens (tertiary/aromatic N) is 1. The van der Waals surface area contributed by atoms with Gasteiger partial charge in [-0.3, -0.25) is 4.79 Å². The van der Waals surface area contributed by atoms with Gasteiger partial charge in [0.15, 0.2) is 0 Å². The maximum atomic E-state index is 12.7. The summed E-state index contributed by atoms with van der Waals surface area (Å²) in [6.45, 7) is 2.26. The third kappa shape index (κ3) is 3.61. The van der Waals surface area contributed by atoms with Gasteiger partial charge in [0.1, 0.15) is 10.3 Å². The normalized spacial score (nSPS) is 20.4. The number of ether oxygens (including phenoxy) is 1. The minimum atomic E-state index is -3.74. The molecule has 1 unspecified atom stereocenters. The number of carbonyl (C=O) groups is 1. The molecule has 1 aromatic heterocycles. The number of hydrogen-bond donors (Lipinski definition) is 0. The Balaban J connectivity index is 2.33. The first kappa shape index (κ1) is 17.2. The van der Waals surface area contributed by atoms with E-state index in [-0.39, 0.29) is 10.8 Å². The standard InChI is InChI=1S/C12H15BrClNO4S2/c1-2-19-12(16)9-5-3-4-6-15(9)21(17,18)10-7-8(14)11(13)20-10/h7,9H,2-6H2,1H3. The fourth-order valence-electron chi connectivity index (χ4n) is 2.24. The predicted octanol–water partition coefficient (Wildman–Crippen LogP) is 3.27. The highest BCUT2D eigenvalue weighted by molar-refractivity contribution is 9.11. The highest BCUT2D eigenvalue weighted by atomic mass is 79.9. The van der Waals surface area contributed by atoms with Gasteiger partial charge in [-0.25, -0.2) is 8.42 Å². The first-order chi connectivity index (χ1) is 9.87. The number of sulfonamides is 1. The van der Waals surface area contributed by atoms with Crippen LogP contribution in [0.4, 0.5) is 0 Å². The second kappa shape index (κ2) is 6.95. The molecule has 0 aromatic carbocycles. The molecule has 1 aliphatic heterocycles. The quantitative estimate of drug-likeness (QED) is 0.707. The molecule has 0 saturated carbocycles. The van der Waals surface area contributed by atoms with Crippen molar-refractivity contribution in [1.29, 1.82) is 0 Å². The average molecular weight is 417 g/mol. The summed E-state index contributed by atoms with van der Waals surface area (Å²) in [6.07, 6.45) is 2.03. The molecule has 1 atom stereocenters. The Morgan fingerprint density at radius 1 is 1.57 bits per heavy atom. The van der Waals surface area contributed by atoms with E-state index in [9.17, 15) is 13.2 Å². The van der Waals surface area contributed by atoms with Crippen molar-refractivity contribution in [2.24, 2.45) is 0 Å². The monoisotopic (exact) mass is 415 g/mol. The van der Waals surface area contributed by atoms with Gasteiger partial charge in [0, 0.05) is 6.54 Å². The Hall–Kier alpha value is -0.150. The first-order valence-corrected chi connectivity index (χ1v) is 9.94. The zero-order valence-electron chi connectivity index (χ0n) is 11.3. The number of rotatable bonds is 4. The summed E-state index contributed by atoms with van der Waals surface area (Å²) < 4.78 is 32.4. The molecule has 2 heterocycles. The average Bonchev–Trinajstić information content (AvgIpc) is 2.80. The number of hydrogen-bond acceptors (Lipinski definition) is 5. The van der Waals surface area contributed by atoms with Crippen LogP contribution in [0.5, 0.6) is 0 Å². The van der Waals surface area contributed by atoms with Crippen LogP contribution in [0.1, 0.15) is 26.2 Å². The minimum absolute atomic E-state index is 0.135. The van der Waals surface area contributed by atoms with Crippen molar-refractivity contribution in [3.63, 3.8) is 0 Å². The molecule has 1 saturated heterocycles. The number of piperidine rings is 1. The van der Waals surface area contributed by atoms with Crippen molar-refractivity contribution >= 4 is 54.9 Å². The summed E-state index contributed by atoms with van der Waals surface area (Å²) in [5.41, 5.74) is 0. The highest BCUT2D eigenvalue weighted by Gasteiger charge is 2.39. The van der Waals surface area contributed by atoms with E-state index < -0.39 is 22.0 Å². The van der Waals surface area contributed by atoms with E-state index in [0.717, 1.165) is 24.2 Å². The zero-order chi connectivity index (χ0) is 15.6. The van der Waals surface area contributed by atoms with E-state index in [0.29, 0.717) is 21.8 Å². The van der Waals surface area contributed by atoms with Gasteiger partial charge in [0.25, 0.3) is 10.0 Å². The summed E-state index contributed by atoms with van der Waals surface area (Å²) in [7, 11) is -3.74. The van der Waals surface area contributed by atoms with Crippen LogP contribution in [0.3, 0.4) is 0 Å². The zero-order valence-corrected chi connectivity index (χ0v) is 15.3. The smallest absolute Gasteiger partial charge is 0.324 e. The molecular formula is C12H15BrClNO4S2. The van der Waals surface area contributed by atoms with Crippen molar-refractivity contribution in [3.05, 3.63) is 14.9 Å². The van der Waals surface area contributed by atoms with Crippen LogP contribution < -0.4 is 0 Å². The Morgan fingerprint density at radius 2 is 2.29 bits per heavy atom. The van der Waals surface area contributed by atoms with Crippen LogP contribution in [0, 0.1) is 0 Å². The lowest BCUT2D eigenvalue weighted by atomic mass is 10.1. The summed E-state index contributed by atoms with van der Waals surface area (Å²) in [6, 6.07) is 0.658. The molecule has 0 bridgehead atoms. The second-order valence-electron chi connectivity index (χ2n) is 4.57. The molecule has 0 spiro atoms. The molecule has 0 aliphatic carbocycles. The number of thiophene rings is 1. The summed E-state index contributed by atoms with van der Waals surface area (Å²) in [4.78, 5) is 12.0. The van der Waals surface area contributed by atoms with E-state index in [1.807, 2.05) is 0 Å². The van der Waals surface area contributed by atoms with E-state index in [1.54, 1.807) is 6.92 Å². The molecule has 118 valence electrons. The van der Waals surface area contributed by atoms with E-state index in [2.05, 4.69) is 15.9 Å². The van der Waals surface area contributed by atoms with Gasteiger partial charge in [0.2, 0.25) is 0 Å². The largest absolute Gasteiger partial charge is 0.465 e. The lowest BCUT2D eigenvalue weighted by molar-refractivity contribution is -0.148. The molecule has 21 heavy (non-hydrogen) atoms. The highest BCUT2D eigenvalue weighted by Crippen LogP contribution is 2.37. The van der Waals surface area contributed by atoms with Crippen LogP contribution in [-0.2, 0) is 19.6 Å². The molecule has 2 rings (SSSR count). The fraction of sp³-hybridized carbons (Fsp3) is 0.583.